The fourth-order valence-electron chi connectivity index (χ4n) is 1.33. The first-order valence-corrected chi connectivity index (χ1v) is 4.83. The van der Waals surface area contributed by atoms with Crippen molar-refractivity contribution in [3.8, 4) is 0 Å². The van der Waals surface area contributed by atoms with E-state index in [2.05, 4.69) is 10.3 Å². The van der Waals surface area contributed by atoms with Crippen LogP contribution in [-0.2, 0) is 6.54 Å². The zero-order valence-electron chi connectivity index (χ0n) is 8.45. The molecule has 0 atom stereocenters. The van der Waals surface area contributed by atoms with Crippen LogP contribution < -0.4 is 5.32 Å². The number of halogens is 2. The third kappa shape index (κ3) is 2.53. The molecule has 0 saturated carbocycles. The van der Waals surface area contributed by atoms with Crippen molar-refractivity contribution < 1.29 is 8.78 Å². The Morgan fingerprint density at radius 2 is 1.81 bits per heavy atom. The van der Waals surface area contributed by atoms with Gasteiger partial charge in [-0.2, -0.15) is 0 Å². The maximum atomic E-state index is 13.2. The molecular formula is C12H10F2N2. The molecular weight excluding hydrogens is 210 g/mol. The van der Waals surface area contributed by atoms with E-state index >= 15 is 0 Å². The van der Waals surface area contributed by atoms with Gasteiger partial charge in [0.25, 0.3) is 0 Å². The van der Waals surface area contributed by atoms with Gasteiger partial charge in [-0.1, -0.05) is 0 Å². The number of nitrogens with one attached hydrogen (secondary N) is 1. The van der Waals surface area contributed by atoms with E-state index in [9.17, 15) is 8.78 Å². The zero-order valence-corrected chi connectivity index (χ0v) is 8.45. The summed E-state index contributed by atoms with van der Waals surface area (Å²) in [6, 6.07) is 7.11. The molecule has 0 amide bonds. The minimum atomic E-state index is -0.589. The van der Waals surface area contributed by atoms with Gasteiger partial charge in [0.05, 0.1) is 5.69 Å². The second-order valence-electron chi connectivity index (χ2n) is 3.33. The molecule has 0 bridgehead atoms. The maximum Gasteiger partial charge on any atom is 0.149 e. The van der Waals surface area contributed by atoms with Gasteiger partial charge < -0.3 is 5.32 Å². The molecule has 2 rings (SSSR count). The summed E-state index contributed by atoms with van der Waals surface area (Å²) >= 11 is 0. The number of pyridine rings is 1. The molecule has 0 aliphatic heterocycles. The Morgan fingerprint density at radius 1 is 1.06 bits per heavy atom. The monoisotopic (exact) mass is 220 g/mol. The molecule has 1 aromatic heterocycles. The second-order valence-corrected chi connectivity index (χ2v) is 3.33. The second kappa shape index (κ2) is 4.70. The van der Waals surface area contributed by atoms with E-state index < -0.39 is 11.6 Å². The summed E-state index contributed by atoms with van der Waals surface area (Å²) in [4.78, 5) is 3.88. The molecule has 0 unspecified atom stereocenters. The Labute approximate surface area is 92.0 Å². The Morgan fingerprint density at radius 3 is 2.50 bits per heavy atom. The predicted octanol–water partition coefficient (Wildman–Crippen LogP) is 2.97. The van der Waals surface area contributed by atoms with Gasteiger partial charge in [0.1, 0.15) is 11.6 Å². The molecule has 1 heterocycles. The minimum absolute atomic E-state index is 0.290. The number of aromatic nitrogens is 1. The van der Waals surface area contributed by atoms with Crippen molar-refractivity contribution in [2.24, 2.45) is 0 Å². The number of benzene rings is 1. The van der Waals surface area contributed by atoms with Gasteiger partial charge in [0.2, 0.25) is 0 Å². The van der Waals surface area contributed by atoms with Crippen molar-refractivity contribution in [1.82, 2.24) is 4.98 Å². The van der Waals surface area contributed by atoms with Crippen LogP contribution in [0.1, 0.15) is 5.56 Å². The fraction of sp³-hybridized carbons (Fsp3) is 0.0833. The first kappa shape index (κ1) is 10.5. The average molecular weight is 220 g/mol. The SMILES string of the molecule is Fc1ccc(NCc2ccncc2)c(F)c1. The highest BCUT2D eigenvalue weighted by Gasteiger charge is 2.02. The first-order valence-electron chi connectivity index (χ1n) is 4.83. The molecule has 4 heteroatoms. The Kier molecular flexibility index (Phi) is 3.10. The van der Waals surface area contributed by atoms with Crippen molar-refractivity contribution in [1.29, 1.82) is 0 Å². The number of nitrogens with zero attached hydrogens (tertiary/aromatic N) is 1. The topological polar surface area (TPSA) is 24.9 Å². The van der Waals surface area contributed by atoms with E-state index in [-0.39, 0.29) is 0 Å². The Bertz CT molecular complexity index is 472. The molecule has 0 aliphatic carbocycles. The minimum Gasteiger partial charge on any atom is -0.379 e. The summed E-state index contributed by atoms with van der Waals surface area (Å²) < 4.78 is 25.9. The average Bonchev–Trinajstić information content (AvgIpc) is 2.29. The molecule has 82 valence electrons. The molecule has 0 aliphatic rings. The molecule has 1 aromatic carbocycles. The van der Waals surface area contributed by atoms with Gasteiger partial charge in [0.15, 0.2) is 0 Å². The molecule has 0 fully saturated rings. The zero-order chi connectivity index (χ0) is 11.4. The maximum absolute atomic E-state index is 13.2. The number of rotatable bonds is 3. The number of hydrogen-bond acceptors (Lipinski definition) is 2. The number of anilines is 1. The fourth-order valence-corrected chi connectivity index (χ4v) is 1.33. The summed E-state index contributed by atoms with van der Waals surface area (Å²) in [5.74, 6) is -1.17. The molecule has 2 aromatic rings. The van der Waals surface area contributed by atoms with E-state index in [1.54, 1.807) is 12.4 Å². The highest BCUT2D eigenvalue weighted by atomic mass is 19.1. The lowest BCUT2D eigenvalue weighted by Gasteiger charge is -2.07. The van der Waals surface area contributed by atoms with Gasteiger partial charge in [-0.15, -0.1) is 0 Å². The Hall–Kier alpha value is -1.97. The van der Waals surface area contributed by atoms with Gasteiger partial charge in [-0.05, 0) is 29.8 Å². The first-order chi connectivity index (χ1) is 7.75. The molecule has 2 nitrogen and oxygen atoms in total. The van der Waals surface area contributed by atoms with Crippen LogP contribution in [0, 0.1) is 11.6 Å². The lowest BCUT2D eigenvalue weighted by Crippen LogP contribution is -2.01. The highest BCUT2D eigenvalue weighted by Crippen LogP contribution is 2.15. The molecule has 16 heavy (non-hydrogen) atoms. The van der Waals surface area contributed by atoms with Crippen molar-refractivity contribution in [2.75, 3.05) is 5.32 Å². The van der Waals surface area contributed by atoms with Crippen LogP contribution in [0.15, 0.2) is 42.7 Å². The lowest BCUT2D eigenvalue weighted by atomic mass is 10.2. The van der Waals surface area contributed by atoms with Crippen LogP contribution in [-0.4, -0.2) is 4.98 Å². The molecule has 0 spiro atoms. The van der Waals surface area contributed by atoms with Crippen LogP contribution in [0.5, 0.6) is 0 Å². The summed E-state index contributed by atoms with van der Waals surface area (Å²) in [6.07, 6.45) is 3.33. The highest BCUT2D eigenvalue weighted by molar-refractivity contribution is 5.45. The van der Waals surface area contributed by atoms with Crippen molar-refractivity contribution >= 4 is 5.69 Å². The van der Waals surface area contributed by atoms with Gasteiger partial charge in [-0.25, -0.2) is 8.78 Å². The summed E-state index contributed by atoms with van der Waals surface area (Å²) in [7, 11) is 0. The number of hydrogen-bond donors (Lipinski definition) is 1. The Balaban J connectivity index is 2.05. The third-order valence-electron chi connectivity index (χ3n) is 2.16. The van der Waals surface area contributed by atoms with Crippen LogP contribution in [0.25, 0.3) is 0 Å². The van der Waals surface area contributed by atoms with E-state index in [4.69, 9.17) is 0 Å². The largest absolute Gasteiger partial charge is 0.379 e. The van der Waals surface area contributed by atoms with E-state index in [0.29, 0.717) is 12.2 Å². The standard InChI is InChI=1S/C12H10F2N2/c13-10-1-2-12(11(14)7-10)16-8-9-3-5-15-6-4-9/h1-7,16H,8H2. The van der Waals surface area contributed by atoms with Crippen molar-refractivity contribution in [2.45, 2.75) is 6.54 Å². The van der Waals surface area contributed by atoms with Gasteiger partial charge in [0, 0.05) is 25.0 Å². The van der Waals surface area contributed by atoms with E-state index in [1.165, 1.54) is 12.1 Å². The summed E-state index contributed by atoms with van der Waals surface area (Å²) in [5.41, 5.74) is 1.27. The van der Waals surface area contributed by atoms with Crippen LogP contribution in [0.4, 0.5) is 14.5 Å². The van der Waals surface area contributed by atoms with Crippen LogP contribution >= 0.6 is 0 Å². The van der Waals surface area contributed by atoms with E-state index in [1.807, 2.05) is 12.1 Å². The normalized spacial score (nSPS) is 10.1. The predicted molar refractivity (Wildman–Crippen MR) is 57.9 cm³/mol. The van der Waals surface area contributed by atoms with Crippen molar-refractivity contribution in [3.05, 3.63) is 59.9 Å². The molecule has 0 radical (unpaired) electrons. The van der Waals surface area contributed by atoms with Gasteiger partial charge >= 0.3 is 0 Å². The molecule has 0 saturated heterocycles. The van der Waals surface area contributed by atoms with Crippen molar-refractivity contribution in [3.63, 3.8) is 0 Å². The van der Waals surface area contributed by atoms with Crippen LogP contribution in [0.3, 0.4) is 0 Å². The molecule has 1 N–H and O–H groups in total. The smallest absolute Gasteiger partial charge is 0.149 e. The lowest BCUT2D eigenvalue weighted by molar-refractivity contribution is 0.585. The third-order valence-corrected chi connectivity index (χ3v) is 2.16. The van der Waals surface area contributed by atoms with Crippen LogP contribution in [0.2, 0.25) is 0 Å². The summed E-state index contributed by atoms with van der Waals surface area (Å²) in [5, 5.41) is 2.89. The summed E-state index contributed by atoms with van der Waals surface area (Å²) in [6.45, 7) is 0.477. The van der Waals surface area contributed by atoms with Gasteiger partial charge in [-0.3, -0.25) is 4.98 Å². The van der Waals surface area contributed by atoms with E-state index in [0.717, 1.165) is 11.6 Å². The quantitative estimate of drug-likeness (QED) is 0.860.